The quantitative estimate of drug-likeness (QED) is 0.227. The van der Waals surface area contributed by atoms with Crippen molar-refractivity contribution in [1.29, 1.82) is 0 Å². The molecule has 3 fully saturated rings. The fourth-order valence-electron chi connectivity index (χ4n) is 7.90. The van der Waals surface area contributed by atoms with Crippen molar-refractivity contribution >= 4 is 34.4 Å². The lowest BCUT2D eigenvalue weighted by Crippen LogP contribution is -2.58. The summed E-state index contributed by atoms with van der Waals surface area (Å²) in [7, 11) is 0. The molecular formula is C35H38N6O6. The van der Waals surface area contributed by atoms with Gasteiger partial charge in [0, 0.05) is 5.69 Å². The number of ether oxygens (including phenoxy) is 2. The van der Waals surface area contributed by atoms with Crippen LogP contribution >= 0.6 is 0 Å². The average Bonchev–Trinajstić information content (AvgIpc) is 3.79. The topological polar surface area (TPSA) is 148 Å². The number of hydrogen-bond acceptors (Lipinski definition) is 8. The molecule has 4 aromatic rings. The maximum Gasteiger partial charge on any atom is 0.247 e. The zero-order chi connectivity index (χ0) is 32.8. The zero-order valence-electron chi connectivity index (χ0n) is 26.3. The van der Waals surface area contributed by atoms with Crippen molar-refractivity contribution in [3.8, 4) is 5.75 Å². The molecular weight excluding hydrogens is 600 g/mol. The van der Waals surface area contributed by atoms with Crippen LogP contribution in [-0.4, -0.2) is 79.2 Å². The summed E-state index contributed by atoms with van der Waals surface area (Å²) in [6.45, 7) is 3.91. The second-order valence-electron chi connectivity index (χ2n) is 12.7. The number of benzene rings is 3. The maximum atomic E-state index is 14.6. The molecule has 6 atom stereocenters. The van der Waals surface area contributed by atoms with Gasteiger partial charge in [0.1, 0.15) is 29.6 Å². The van der Waals surface area contributed by atoms with Gasteiger partial charge in [-0.15, -0.1) is 5.10 Å². The predicted octanol–water partition coefficient (Wildman–Crippen LogP) is 2.91. The highest BCUT2D eigenvalue weighted by molar-refractivity contribution is 6.02. The highest BCUT2D eigenvalue weighted by Crippen LogP contribution is 2.63. The molecule has 1 spiro atoms. The third-order valence-electron chi connectivity index (χ3n) is 9.92. The molecule has 1 aromatic heterocycles. The highest BCUT2D eigenvalue weighted by atomic mass is 16.5. The van der Waals surface area contributed by atoms with Gasteiger partial charge in [-0.2, -0.15) is 0 Å². The Bertz CT molecular complexity index is 1800. The Morgan fingerprint density at radius 3 is 2.53 bits per heavy atom. The molecule has 0 radical (unpaired) electrons. The summed E-state index contributed by atoms with van der Waals surface area (Å²) in [5.41, 5.74) is 0.685. The molecule has 12 heteroatoms. The van der Waals surface area contributed by atoms with Gasteiger partial charge >= 0.3 is 0 Å². The lowest BCUT2D eigenvalue weighted by molar-refractivity contribution is -0.149. The van der Waals surface area contributed by atoms with Gasteiger partial charge in [0.15, 0.2) is 0 Å². The first-order valence-electron chi connectivity index (χ1n) is 16.0. The highest BCUT2D eigenvalue weighted by Gasteiger charge is 2.78. The molecule has 0 aliphatic carbocycles. The molecule has 2 bridgehead atoms. The first-order valence-corrected chi connectivity index (χ1v) is 16.0. The van der Waals surface area contributed by atoms with Crippen LogP contribution in [0.25, 0.3) is 11.0 Å². The van der Waals surface area contributed by atoms with Crippen molar-refractivity contribution in [2.24, 2.45) is 11.8 Å². The molecule has 3 aromatic carbocycles. The summed E-state index contributed by atoms with van der Waals surface area (Å²) < 4.78 is 13.9. The van der Waals surface area contributed by atoms with E-state index in [9.17, 15) is 19.5 Å². The number of amides is 3. The number of aliphatic hydroxyl groups excluding tert-OH is 1. The molecule has 3 saturated heterocycles. The molecule has 0 saturated carbocycles. The first kappa shape index (κ1) is 30.8. The van der Waals surface area contributed by atoms with E-state index in [1.807, 2.05) is 68.4 Å². The van der Waals surface area contributed by atoms with Gasteiger partial charge < -0.3 is 30.1 Å². The lowest BCUT2D eigenvalue weighted by atomic mass is 9.66. The number of carbonyl (C=O) groups excluding carboxylic acids is 3. The van der Waals surface area contributed by atoms with Gasteiger partial charge in [-0.3, -0.25) is 14.4 Å². The number of nitrogens with zero attached hydrogens (tertiary/aromatic N) is 4. The van der Waals surface area contributed by atoms with Crippen LogP contribution in [-0.2, 0) is 32.2 Å². The number of para-hydroxylation sites is 1. The Hall–Kier alpha value is -4.81. The molecule has 3 aliphatic rings. The molecule has 47 heavy (non-hydrogen) atoms. The van der Waals surface area contributed by atoms with Crippen molar-refractivity contribution < 1.29 is 29.0 Å². The number of hydrogen-bond donors (Lipinski definition) is 3. The van der Waals surface area contributed by atoms with Crippen molar-refractivity contribution in [3.63, 3.8) is 0 Å². The Morgan fingerprint density at radius 1 is 1.04 bits per heavy atom. The molecule has 12 nitrogen and oxygen atoms in total. The molecule has 244 valence electrons. The van der Waals surface area contributed by atoms with Crippen LogP contribution in [0, 0.1) is 11.8 Å². The summed E-state index contributed by atoms with van der Waals surface area (Å²) >= 11 is 0. The largest absolute Gasteiger partial charge is 0.494 e. The van der Waals surface area contributed by atoms with E-state index < -0.39 is 41.0 Å². The van der Waals surface area contributed by atoms with Gasteiger partial charge in [-0.1, -0.05) is 47.7 Å². The number of nitrogens with one attached hydrogen (secondary N) is 2. The van der Waals surface area contributed by atoms with Crippen LogP contribution in [0.4, 0.5) is 5.69 Å². The fraction of sp³-hybridized carbons (Fsp3) is 0.400. The summed E-state index contributed by atoms with van der Waals surface area (Å²) in [6, 6.07) is 22.2. The summed E-state index contributed by atoms with van der Waals surface area (Å²) in [5.74, 6) is -2.26. The van der Waals surface area contributed by atoms with Gasteiger partial charge in [-0.25, -0.2) is 4.68 Å². The Morgan fingerprint density at radius 2 is 1.79 bits per heavy atom. The minimum atomic E-state index is -1.26. The van der Waals surface area contributed by atoms with Crippen molar-refractivity contribution in [2.75, 3.05) is 18.5 Å². The first-order chi connectivity index (χ1) is 22.8. The summed E-state index contributed by atoms with van der Waals surface area (Å²) in [6.07, 6.45) is 1.23. The number of likely N-dealkylation sites (tertiary alicyclic amines) is 1. The molecule has 3 N–H and O–H groups in total. The molecule has 3 amide bonds. The van der Waals surface area contributed by atoms with Gasteiger partial charge in [-0.05, 0) is 75.1 Å². The number of anilines is 1. The van der Waals surface area contributed by atoms with Crippen LogP contribution in [0.1, 0.15) is 32.3 Å². The van der Waals surface area contributed by atoms with E-state index in [0.29, 0.717) is 42.8 Å². The van der Waals surface area contributed by atoms with Crippen molar-refractivity contribution in [3.05, 3.63) is 84.4 Å². The third kappa shape index (κ3) is 5.21. The van der Waals surface area contributed by atoms with Crippen LogP contribution in [0.2, 0.25) is 0 Å². The molecule has 4 heterocycles. The summed E-state index contributed by atoms with van der Waals surface area (Å²) in [5, 5.41) is 25.0. The van der Waals surface area contributed by atoms with E-state index in [-0.39, 0.29) is 25.1 Å². The molecule has 2 unspecified atom stereocenters. The Kier molecular flexibility index (Phi) is 7.93. The average molecular weight is 639 g/mol. The van der Waals surface area contributed by atoms with Gasteiger partial charge in [0.2, 0.25) is 17.7 Å². The third-order valence-corrected chi connectivity index (χ3v) is 9.92. The molecule has 7 rings (SSSR count). The second kappa shape index (κ2) is 12.1. The van der Waals surface area contributed by atoms with Gasteiger partial charge in [0.25, 0.3) is 0 Å². The van der Waals surface area contributed by atoms with Crippen molar-refractivity contribution in [2.45, 2.75) is 63.1 Å². The number of rotatable bonds is 11. The van der Waals surface area contributed by atoms with E-state index in [1.54, 1.807) is 28.9 Å². The lowest BCUT2D eigenvalue weighted by Gasteiger charge is -2.37. The van der Waals surface area contributed by atoms with E-state index in [1.165, 1.54) is 4.90 Å². The number of aliphatic hydroxyl groups is 1. The van der Waals surface area contributed by atoms with Crippen LogP contribution in [0.5, 0.6) is 5.75 Å². The van der Waals surface area contributed by atoms with E-state index in [0.717, 1.165) is 11.1 Å². The number of fused-ring (bicyclic) bond motifs is 2. The van der Waals surface area contributed by atoms with Crippen molar-refractivity contribution in [1.82, 2.24) is 25.2 Å². The van der Waals surface area contributed by atoms with Crippen LogP contribution in [0.15, 0.2) is 78.9 Å². The Balaban J connectivity index is 1.22. The fourth-order valence-corrected chi connectivity index (χ4v) is 7.90. The van der Waals surface area contributed by atoms with Crippen LogP contribution in [0.3, 0.4) is 0 Å². The Labute approximate surface area is 272 Å². The van der Waals surface area contributed by atoms with Gasteiger partial charge in [0.05, 0.1) is 42.2 Å². The maximum absolute atomic E-state index is 14.6. The minimum absolute atomic E-state index is 0.0139. The zero-order valence-corrected chi connectivity index (χ0v) is 26.3. The SMILES string of the molecule is CCOc1ccc(NC(=O)[C@@H]2[C@H]3C(=O)N([C@@H](CO)Cc4ccccc4)C(C(=O)NCn4nnc5ccccc54)C34CC[C@@]2(C)O4)cc1. The summed E-state index contributed by atoms with van der Waals surface area (Å²) in [4.78, 5) is 44.5. The van der Waals surface area contributed by atoms with E-state index >= 15 is 0 Å². The monoisotopic (exact) mass is 638 g/mol. The van der Waals surface area contributed by atoms with Crippen LogP contribution < -0.4 is 15.4 Å². The normalized spacial score (nSPS) is 26.7. The smallest absolute Gasteiger partial charge is 0.247 e. The molecule has 3 aliphatic heterocycles. The minimum Gasteiger partial charge on any atom is -0.494 e. The van der Waals surface area contributed by atoms with E-state index in [2.05, 4.69) is 20.9 Å². The number of carbonyl (C=O) groups is 3. The standard InChI is InChI=1S/C35H38N6O6/c1-3-46-25-15-13-23(14-16-25)37-31(43)28-29-33(45)41(24(20-42)19-22-9-5-4-6-10-22)30(35(29)18-17-34(28,2)47-35)32(44)36-21-40-27-12-8-7-11-26(27)38-39-40/h4-16,24,28-30,42H,3,17-21H2,1-2H3,(H,36,44)(H,37,43)/t24-,28+,29+,30?,34-,35?/m1/s1. The number of aromatic nitrogens is 3. The van der Waals surface area contributed by atoms with E-state index in [4.69, 9.17) is 9.47 Å². The second-order valence-corrected chi connectivity index (χ2v) is 12.7. The predicted molar refractivity (Wildman–Crippen MR) is 172 cm³/mol.